The van der Waals surface area contributed by atoms with E-state index in [0.717, 1.165) is 35.0 Å². The van der Waals surface area contributed by atoms with Crippen LogP contribution >= 0.6 is 11.3 Å². The van der Waals surface area contributed by atoms with Gasteiger partial charge >= 0.3 is 0 Å². The number of nitrogens with one attached hydrogen (secondary N) is 1. The summed E-state index contributed by atoms with van der Waals surface area (Å²) in [7, 11) is 3.61. The van der Waals surface area contributed by atoms with Gasteiger partial charge in [0.1, 0.15) is 0 Å². The molecule has 1 heterocycles. The van der Waals surface area contributed by atoms with Gasteiger partial charge in [-0.05, 0) is 80.4 Å². The molecule has 154 valence electrons. The van der Waals surface area contributed by atoms with Crippen molar-refractivity contribution in [3.05, 3.63) is 40.9 Å². The van der Waals surface area contributed by atoms with Crippen LogP contribution in [0.2, 0.25) is 0 Å². The maximum absolute atomic E-state index is 11.8. The molecule has 0 radical (unpaired) electrons. The number of rotatable bonds is 6. The third-order valence-corrected chi connectivity index (χ3v) is 8.18. The number of thiazole rings is 1. The van der Waals surface area contributed by atoms with Gasteiger partial charge in [0.25, 0.3) is 0 Å². The zero-order chi connectivity index (χ0) is 20.0. The summed E-state index contributed by atoms with van der Waals surface area (Å²) in [6.07, 6.45) is 9.85. The molecular formula is C24H31N3OS. The SMILES string of the molecule is CN(C)C(=O)CCc1ccc(Nc2nc(C34CC5CC(CC(C5)C3)C4)cs2)cc1. The molecule has 1 aromatic carbocycles. The van der Waals surface area contributed by atoms with E-state index in [9.17, 15) is 4.79 Å². The van der Waals surface area contributed by atoms with E-state index in [2.05, 4.69) is 35.0 Å². The molecule has 0 unspecified atom stereocenters. The predicted molar refractivity (Wildman–Crippen MR) is 119 cm³/mol. The van der Waals surface area contributed by atoms with Gasteiger partial charge < -0.3 is 10.2 Å². The molecule has 2 aromatic rings. The van der Waals surface area contributed by atoms with Gasteiger partial charge in [-0.1, -0.05) is 12.1 Å². The van der Waals surface area contributed by atoms with E-state index < -0.39 is 0 Å². The summed E-state index contributed by atoms with van der Waals surface area (Å²) in [5.41, 5.74) is 3.98. The summed E-state index contributed by atoms with van der Waals surface area (Å²) in [6, 6.07) is 8.42. The average Bonchev–Trinajstić information content (AvgIpc) is 3.15. The lowest BCUT2D eigenvalue weighted by atomic mass is 9.49. The zero-order valence-corrected chi connectivity index (χ0v) is 18.3. The van der Waals surface area contributed by atoms with Crippen molar-refractivity contribution < 1.29 is 4.79 Å². The van der Waals surface area contributed by atoms with E-state index in [1.165, 1.54) is 49.8 Å². The van der Waals surface area contributed by atoms with Crippen molar-refractivity contribution >= 4 is 28.1 Å². The van der Waals surface area contributed by atoms with Gasteiger partial charge in [-0.15, -0.1) is 11.3 Å². The van der Waals surface area contributed by atoms with Crippen LogP contribution in [-0.4, -0.2) is 29.9 Å². The van der Waals surface area contributed by atoms with Crippen molar-refractivity contribution in [3.63, 3.8) is 0 Å². The zero-order valence-electron chi connectivity index (χ0n) is 17.5. The average molecular weight is 410 g/mol. The third kappa shape index (κ3) is 3.81. The van der Waals surface area contributed by atoms with Crippen molar-refractivity contribution in [2.75, 3.05) is 19.4 Å². The second-order valence-electron chi connectivity index (χ2n) is 9.85. The summed E-state index contributed by atoms with van der Waals surface area (Å²) in [6.45, 7) is 0. The van der Waals surface area contributed by atoms with Crippen molar-refractivity contribution in [2.45, 2.75) is 56.8 Å². The molecule has 5 heteroatoms. The summed E-state index contributed by atoms with van der Waals surface area (Å²) in [5.74, 6) is 3.02. The highest BCUT2D eigenvalue weighted by Crippen LogP contribution is 2.60. The molecule has 4 bridgehead atoms. The number of amides is 1. The summed E-state index contributed by atoms with van der Waals surface area (Å²) in [5, 5.41) is 6.82. The lowest BCUT2D eigenvalue weighted by Gasteiger charge is -2.56. The minimum atomic E-state index is 0.173. The van der Waals surface area contributed by atoms with Gasteiger partial charge in [0.05, 0.1) is 5.69 Å². The Balaban J connectivity index is 1.23. The topological polar surface area (TPSA) is 45.2 Å². The number of anilines is 2. The van der Waals surface area contributed by atoms with E-state index in [1.807, 2.05) is 0 Å². The fraction of sp³-hybridized carbons (Fsp3) is 0.583. The van der Waals surface area contributed by atoms with Crippen molar-refractivity contribution in [3.8, 4) is 0 Å². The van der Waals surface area contributed by atoms with Crippen LogP contribution in [0.25, 0.3) is 0 Å². The molecule has 1 aromatic heterocycles. The second kappa shape index (κ2) is 7.42. The molecule has 0 spiro atoms. The van der Waals surface area contributed by atoms with Crippen molar-refractivity contribution in [2.24, 2.45) is 17.8 Å². The first-order valence-electron chi connectivity index (χ1n) is 11.0. The number of carbonyl (C=O) groups is 1. The van der Waals surface area contributed by atoms with Gasteiger partial charge in [-0.3, -0.25) is 4.79 Å². The van der Waals surface area contributed by atoms with E-state index >= 15 is 0 Å². The smallest absolute Gasteiger partial charge is 0.222 e. The predicted octanol–water partition coefficient (Wildman–Crippen LogP) is 5.38. The minimum Gasteiger partial charge on any atom is -0.349 e. The lowest BCUT2D eigenvalue weighted by molar-refractivity contribution is -0.128. The van der Waals surface area contributed by atoms with Crippen LogP contribution in [0.1, 0.15) is 56.2 Å². The largest absolute Gasteiger partial charge is 0.349 e. The Labute approximate surface area is 177 Å². The van der Waals surface area contributed by atoms with E-state index in [0.29, 0.717) is 11.8 Å². The maximum Gasteiger partial charge on any atom is 0.222 e. The molecule has 4 aliphatic carbocycles. The number of aromatic nitrogens is 1. The second-order valence-corrected chi connectivity index (χ2v) is 10.7. The number of benzene rings is 1. The van der Waals surface area contributed by atoms with E-state index in [-0.39, 0.29) is 5.91 Å². The third-order valence-electron chi connectivity index (χ3n) is 7.42. The quantitative estimate of drug-likeness (QED) is 0.697. The van der Waals surface area contributed by atoms with E-state index in [1.54, 1.807) is 30.3 Å². The highest BCUT2D eigenvalue weighted by molar-refractivity contribution is 7.13. The molecule has 4 fully saturated rings. The summed E-state index contributed by atoms with van der Waals surface area (Å²) >= 11 is 1.74. The molecule has 1 amide bonds. The van der Waals surface area contributed by atoms with Crippen LogP contribution in [0, 0.1) is 17.8 Å². The molecule has 1 N–H and O–H groups in total. The van der Waals surface area contributed by atoms with Gasteiger partial charge in [0.15, 0.2) is 5.13 Å². The first-order valence-corrected chi connectivity index (χ1v) is 11.9. The van der Waals surface area contributed by atoms with Gasteiger partial charge in [0.2, 0.25) is 5.91 Å². The monoisotopic (exact) mass is 409 g/mol. The lowest BCUT2D eigenvalue weighted by Crippen LogP contribution is -2.48. The fourth-order valence-corrected chi connectivity index (χ4v) is 7.21. The number of carbonyl (C=O) groups excluding carboxylic acids is 1. The van der Waals surface area contributed by atoms with Crippen molar-refractivity contribution in [1.82, 2.24) is 9.88 Å². The highest BCUT2D eigenvalue weighted by atomic mass is 32.1. The summed E-state index contributed by atoms with van der Waals surface area (Å²) < 4.78 is 0. The number of nitrogens with zero attached hydrogens (tertiary/aromatic N) is 2. The minimum absolute atomic E-state index is 0.173. The molecular weight excluding hydrogens is 378 g/mol. The Bertz CT molecular complexity index is 851. The first kappa shape index (κ1) is 19.1. The molecule has 4 nitrogen and oxygen atoms in total. The van der Waals surface area contributed by atoms with Crippen LogP contribution in [0.3, 0.4) is 0 Å². The standard InChI is InChI=1S/C24H31N3OS/c1-27(2)22(28)8-5-16-3-6-20(7-4-16)25-23-26-21(15-29-23)24-12-17-9-18(13-24)11-19(10-17)14-24/h3-4,6-7,15,17-19H,5,8-14H2,1-2H3,(H,25,26). The van der Waals surface area contributed by atoms with Crippen molar-refractivity contribution in [1.29, 1.82) is 0 Å². The Hall–Kier alpha value is -1.88. The van der Waals surface area contributed by atoms with Gasteiger partial charge in [-0.25, -0.2) is 4.98 Å². The van der Waals surface area contributed by atoms with Crippen LogP contribution in [0.15, 0.2) is 29.6 Å². The van der Waals surface area contributed by atoms with Gasteiger partial charge in [-0.2, -0.15) is 0 Å². The molecule has 0 atom stereocenters. The van der Waals surface area contributed by atoms with Crippen LogP contribution < -0.4 is 5.32 Å². The molecule has 4 aliphatic rings. The number of aryl methyl sites for hydroxylation is 1. The van der Waals surface area contributed by atoms with Crippen LogP contribution in [0.5, 0.6) is 0 Å². The Morgan fingerprint density at radius 1 is 1.10 bits per heavy atom. The molecule has 0 saturated heterocycles. The molecule has 4 saturated carbocycles. The highest BCUT2D eigenvalue weighted by Gasteiger charge is 2.52. The molecule has 6 rings (SSSR count). The Morgan fingerprint density at radius 3 is 2.31 bits per heavy atom. The van der Waals surface area contributed by atoms with Crippen LogP contribution in [0.4, 0.5) is 10.8 Å². The molecule has 29 heavy (non-hydrogen) atoms. The van der Waals surface area contributed by atoms with Crippen LogP contribution in [-0.2, 0) is 16.6 Å². The normalized spacial score (nSPS) is 29.8. The Morgan fingerprint density at radius 2 is 1.72 bits per heavy atom. The first-order chi connectivity index (χ1) is 14.0. The number of hydrogen-bond acceptors (Lipinski definition) is 4. The maximum atomic E-state index is 11.8. The Kier molecular flexibility index (Phi) is 4.89. The van der Waals surface area contributed by atoms with Gasteiger partial charge in [0, 0.05) is 37.0 Å². The summed E-state index contributed by atoms with van der Waals surface area (Å²) in [4.78, 5) is 18.5. The fourth-order valence-electron chi connectivity index (χ4n) is 6.35. The van der Waals surface area contributed by atoms with E-state index in [4.69, 9.17) is 4.98 Å². The number of hydrogen-bond donors (Lipinski definition) is 1. The molecule has 0 aliphatic heterocycles.